The molecule has 1 N–H and O–H groups in total. The summed E-state index contributed by atoms with van der Waals surface area (Å²) in [6.45, 7) is 9.60. The minimum Gasteiger partial charge on any atom is -0.378 e. The standard InChI is InChI=1S/C24H33N5O2/c1-19-7-11-28(12-8-19)10-2-9-25-24(30)21-5-3-20(4-6-21)22-17-23(27-18-26-22)29-13-15-31-16-14-29/h3-6,17-19H,2,7-16H2,1H3,(H,25,30). The number of amides is 1. The molecule has 0 radical (unpaired) electrons. The number of nitrogens with zero attached hydrogens (tertiary/aromatic N) is 4. The highest BCUT2D eigenvalue weighted by atomic mass is 16.5. The Balaban J connectivity index is 1.27. The molecule has 2 aliphatic rings. The molecule has 2 saturated heterocycles. The number of carbonyl (C=O) groups excluding carboxylic acids is 1. The van der Waals surface area contributed by atoms with Gasteiger partial charge in [-0.2, -0.15) is 0 Å². The number of piperidine rings is 1. The van der Waals surface area contributed by atoms with Crippen LogP contribution in [0.4, 0.5) is 5.82 Å². The molecule has 2 aliphatic heterocycles. The predicted octanol–water partition coefficient (Wildman–Crippen LogP) is 2.83. The average molecular weight is 424 g/mol. The molecular formula is C24H33N5O2. The van der Waals surface area contributed by atoms with Gasteiger partial charge < -0.3 is 19.9 Å². The van der Waals surface area contributed by atoms with Gasteiger partial charge in [0.05, 0.1) is 18.9 Å². The summed E-state index contributed by atoms with van der Waals surface area (Å²) in [5.41, 5.74) is 2.52. The summed E-state index contributed by atoms with van der Waals surface area (Å²) >= 11 is 0. The van der Waals surface area contributed by atoms with Crippen LogP contribution in [0, 0.1) is 5.92 Å². The molecule has 0 bridgehead atoms. The lowest BCUT2D eigenvalue weighted by atomic mass is 9.99. The first kappa shape index (κ1) is 21.7. The van der Waals surface area contributed by atoms with Crippen molar-refractivity contribution in [3.8, 4) is 11.3 Å². The summed E-state index contributed by atoms with van der Waals surface area (Å²) in [6, 6.07) is 9.65. The molecule has 1 amide bonds. The fourth-order valence-corrected chi connectivity index (χ4v) is 4.15. The summed E-state index contributed by atoms with van der Waals surface area (Å²) in [4.78, 5) is 26.0. The molecule has 0 unspecified atom stereocenters. The minimum absolute atomic E-state index is 0.0180. The zero-order chi connectivity index (χ0) is 21.5. The second-order valence-corrected chi connectivity index (χ2v) is 8.57. The molecule has 0 spiro atoms. The third kappa shape index (κ3) is 6.02. The monoisotopic (exact) mass is 423 g/mol. The lowest BCUT2D eigenvalue weighted by Crippen LogP contribution is -2.36. The number of morpholine rings is 1. The third-order valence-electron chi connectivity index (χ3n) is 6.24. The van der Waals surface area contributed by atoms with Crippen molar-refractivity contribution in [1.82, 2.24) is 20.2 Å². The van der Waals surface area contributed by atoms with Gasteiger partial charge in [0, 0.05) is 36.8 Å². The maximum atomic E-state index is 12.5. The maximum Gasteiger partial charge on any atom is 0.251 e. The highest BCUT2D eigenvalue weighted by Gasteiger charge is 2.16. The smallest absolute Gasteiger partial charge is 0.251 e. The number of rotatable bonds is 7. The van der Waals surface area contributed by atoms with Crippen LogP contribution in [0.25, 0.3) is 11.3 Å². The molecular weight excluding hydrogens is 390 g/mol. The fraction of sp³-hybridized carbons (Fsp3) is 0.542. The van der Waals surface area contributed by atoms with Crippen molar-refractivity contribution in [1.29, 1.82) is 0 Å². The van der Waals surface area contributed by atoms with Gasteiger partial charge in [-0.1, -0.05) is 19.1 Å². The first-order valence-electron chi connectivity index (χ1n) is 11.4. The van der Waals surface area contributed by atoms with E-state index in [2.05, 4.69) is 32.0 Å². The number of ether oxygens (including phenoxy) is 1. The minimum atomic E-state index is -0.0180. The molecule has 7 nitrogen and oxygen atoms in total. The van der Waals surface area contributed by atoms with Crippen LogP contribution in [0.5, 0.6) is 0 Å². The zero-order valence-corrected chi connectivity index (χ0v) is 18.4. The average Bonchev–Trinajstić information content (AvgIpc) is 2.83. The number of hydrogen-bond donors (Lipinski definition) is 1. The molecule has 2 fully saturated rings. The summed E-state index contributed by atoms with van der Waals surface area (Å²) in [7, 11) is 0. The highest BCUT2D eigenvalue weighted by molar-refractivity contribution is 5.94. The van der Waals surface area contributed by atoms with E-state index < -0.39 is 0 Å². The van der Waals surface area contributed by atoms with Crippen LogP contribution < -0.4 is 10.2 Å². The van der Waals surface area contributed by atoms with E-state index in [0.717, 1.165) is 62.3 Å². The van der Waals surface area contributed by atoms with Crippen molar-refractivity contribution in [3.63, 3.8) is 0 Å². The van der Waals surface area contributed by atoms with E-state index in [1.54, 1.807) is 6.33 Å². The van der Waals surface area contributed by atoms with Crippen LogP contribution in [0.2, 0.25) is 0 Å². The molecule has 4 rings (SSSR count). The van der Waals surface area contributed by atoms with Crippen LogP contribution in [-0.4, -0.2) is 73.3 Å². The summed E-state index contributed by atoms with van der Waals surface area (Å²) in [5.74, 6) is 1.75. The Morgan fingerprint density at radius 3 is 2.58 bits per heavy atom. The maximum absolute atomic E-state index is 12.5. The largest absolute Gasteiger partial charge is 0.378 e. The summed E-state index contributed by atoms with van der Waals surface area (Å²) in [5, 5.41) is 3.05. The Labute approximate surface area is 184 Å². The quantitative estimate of drug-likeness (QED) is 0.691. The van der Waals surface area contributed by atoms with Crippen molar-refractivity contribution in [2.24, 2.45) is 5.92 Å². The molecule has 1 aromatic heterocycles. The number of carbonyl (C=O) groups is 1. The van der Waals surface area contributed by atoms with Crippen LogP contribution in [0.1, 0.15) is 36.5 Å². The van der Waals surface area contributed by atoms with Gasteiger partial charge in [0.2, 0.25) is 0 Å². The van der Waals surface area contributed by atoms with Gasteiger partial charge in [-0.3, -0.25) is 4.79 Å². The van der Waals surface area contributed by atoms with E-state index in [4.69, 9.17) is 4.74 Å². The lowest BCUT2D eigenvalue weighted by molar-refractivity contribution is 0.0950. The Bertz CT molecular complexity index is 843. The number of aromatic nitrogens is 2. The molecule has 0 aliphatic carbocycles. The van der Waals surface area contributed by atoms with Crippen molar-refractivity contribution in [2.75, 3.05) is 57.4 Å². The normalized spacial score (nSPS) is 18.2. The van der Waals surface area contributed by atoms with Gasteiger partial charge >= 0.3 is 0 Å². The van der Waals surface area contributed by atoms with Gasteiger partial charge in [-0.25, -0.2) is 9.97 Å². The van der Waals surface area contributed by atoms with Gasteiger partial charge in [-0.15, -0.1) is 0 Å². The van der Waals surface area contributed by atoms with Crippen LogP contribution in [0.3, 0.4) is 0 Å². The second-order valence-electron chi connectivity index (χ2n) is 8.57. The second kappa shape index (κ2) is 10.7. The van der Waals surface area contributed by atoms with Crippen molar-refractivity contribution in [3.05, 3.63) is 42.2 Å². The van der Waals surface area contributed by atoms with E-state index in [0.29, 0.717) is 12.1 Å². The Hall–Kier alpha value is -2.51. The Morgan fingerprint density at radius 2 is 1.84 bits per heavy atom. The van der Waals surface area contributed by atoms with Gasteiger partial charge in [0.15, 0.2) is 0 Å². The van der Waals surface area contributed by atoms with Gasteiger partial charge in [-0.05, 0) is 56.9 Å². The predicted molar refractivity (Wildman–Crippen MR) is 122 cm³/mol. The number of anilines is 1. The van der Waals surface area contributed by atoms with Crippen molar-refractivity contribution in [2.45, 2.75) is 26.2 Å². The molecule has 1 aromatic carbocycles. The van der Waals surface area contributed by atoms with Crippen molar-refractivity contribution < 1.29 is 9.53 Å². The SMILES string of the molecule is CC1CCN(CCCNC(=O)c2ccc(-c3cc(N4CCOCC4)ncn3)cc2)CC1. The van der Waals surface area contributed by atoms with Crippen LogP contribution in [0.15, 0.2) is 36.7 Å². The van der Waals surface area contributed by atoms with E-state index in [9.17, 15) is 4.79 Å². The summed E-state index contributed by atoms with van der Waals surface area (Å²) in [6.07, 6.45) is 5.17. The van der Waals surface area contributed by atoms with Crippen LogP contribution >= 0.6 is 0 Å². The number of nitrogens with one attached hydrogen (secondary N) is 1. The van der Waals surface area contributed by atoms with Crippen LogP contribution in [-0.2, 0) is 4.74 Å². The van der Waals surface area contributed by atoms with E-state index >= 15 is 0 Å². The molecule has 0 atom stereocenters. The fourth-order valence-electron chi connectivity index (χ4n) is 4.15. The lowest BCUT2D eigenvalue weighted by Gasteiger charge is -2.30. The van der Waals surface area contributed by atoms with E-state index in [1.165, 1.54) is 25.9 Å². The van der Waals surface area contributed by atoms with E-state index in [-0.39, 0.29) is 5.91 Å². The third-order valence-corrected chi connectivity index (χ3v) is 6.24. The first-order valence-corrected chi connectivity index (χ1v) is 11.4. The molecule has 3 heterocycles. The molecule has 31 heavy (non-hydrogen) atoms. The topological polar surface area (TPSA) is 70.6 Å². The number of hydrogen-bond acceptors (Lipinski definition) is 6. The number of benzene rings is 1. The number of likely N-dealkylation sites (tertiary alicyclic amines) is 1. The van der Waals surface area contributed by atoms with E-state index in [1.807, 2.05) is 30.3 Å². The zero-order valence-electron chi connectivity index (χ0n) is 18.4. The van der Waals surface area contributed by atoms with Gasteiger partial charge in [0.25, 0.3) is 5.91 Å². The summed E-state index contributed by atoms with van der Waals surface area (Å²) < 4.78 is 5.42. The molecule has 7 heteroatoms. The Morgan fingerprint density at radius 1 is 1.10 bits per heavy atom. The van der Waals surface area contributed by atoms with Crippen molar-refractivity contribution >= 4 is 11.7 Å². The molecule has 0 saturated carbocycles. The molecule has 2 aromatic rings. The molecule has 166 valence electrons. The van der Waals surface area contributed by atoms with Gasteiger partial charge in [0.1, 0.15) is 12.1 Å². The first-order chi connectivity index (χ1) is 15.2. The highest BCUT2D eigenvalue weighted by Crippen LogP contribution is 2.22. The Kier molecular flexibility index (Phi) is 7.48.